The second-order valence-electron chi connectivity index (χ2n) is 6.73. The first kappa shape index (κ1) is 18.3. The molecule has 0 saturated carbocycles. The second kappa shape index (κ2) is 7.87. The SMILES string of the molecule is O=C(NCc1ccc2c(c1)CCN2C(=O)c1ccccc1)c1cccc(Cl)c1. The standard InChI is InChI=1S/C23H19ClN2O2/c24-20-8-4-7-19(14-20)22(27)25-15-16-9-10-21-18(13-16)11-12-26(21)23(28)17-5-2-1-3-6-17/h1-10,13-14H,11-12,15H2,(H,25,27). The maximum absolute atomic E-state index is 12.8. The maximum atomic E-state index is 12.8. The Labute approximate surface area is 168 Å². The first-order valence-electron chi connectivity index (χ1n) is 9.14. The number of benzene rings is 3. The summed E-state index contributed by atoms with van der Waals surface area (Å²) in [5.74, 6) is -0.148. The van der Waals surface area contributed by atoms with Crippen LogP contribution in [0.1, 0.15) is 31.8 Å². The number of rotatable bonds is 4. The zero-order valence-corrected chi connectivity index (χ0v) is 15.9. The average Bonchev–Trinajstić information content (AvgIpc) is 3.15. The summed E-state index contributed by atoms with van der Waals surface area (Å²) in [4.78, 5) is 26.9. The van der Waals surface area contributed by atoms with E-state index >= 15 is 0 Å². The molecule has 5 heteroatoms. The molecule has 0 radical (unpaired) electrons. The number of carbonyl (C=O) groups excluding carboxylic acids is 2. The number of fused-ring (bicyclic) bond motifs is 1. The summed E-state index contributed by atoms with van der Waals surface area (Å²) in [5.41, 5.74) is 4.29. The highest BCUT2D eigenvalue weighted by atomic mass is 35.5. The Morgan fingerprint density at radius 2 is 1.71 bits per heavy atom. The van der Waals surface area contributed by atoms with E-state index < -0.39 is 0 Å². The Bertz CT molecular complexity index is 1030. The third-order valence-electron chi connectivity index (χ3n) is 4.85. The van der Waals surface area contributed by atoms with Crippen molar-refractivity contribution in [1.29, 1.82) is 0 Å². The van der Waals surface area contributed by atoms with Gasteiger partial charge in [-0.3, -0.25) is 9.59 Å². The minimum Gasteiger partial charge on any atom is -0.348 e. The molecule has 3 aromatic rings. The van der Waals surface area contributed by atoms with Crippen molar-refractivity contribution in [3.05, 3.63) is 100 Å². The van der Waals surface area contributed by atoms with Gasteiger partial charge in [-0.1, -0.05) is 48.0 Å². The number of nitrogens with one attached hydrogen (secondary N) is 1. The van der Waals surface area contributed by atoms with Gasteiger partial charge in [0.15, 0.2) is 0 Å². The molecule has 0 unspecified atom stereocenters. The number of hydrogen-bond donors (Lipinski definition) is 1. The van der Waals surface area contributed by atoms with E-state index in [0.717, 1.165) is 23.2 Å². The molecule has 4 nitrogen and oxygen atoms in total. The number of anilines is 1. The fourth-order valence-electron chi connectivity index (χ4n) is 3.43. The predicted molar refractivity (Wildman–Crippen MR) is 111 cm³/mol. The van der Waals surface area contributed by atoms with E-state index in [1.807, 2.05) is 47.4 Å². The Balaban J connectivity index is 1.45. The Morgan fingerprint density at radius 1 is 0.929 bits per heavy atom. The van der Waals surface area contributed by atoms with Crippen LogP contribution in [0.2, 0.25) is 5.02 Å². The fourth-order valence-corrected chi connectivity index (χ4v) is 3.62. The van der Waals surface area contributed by atoms with Crippen LogP contribution in [0, 0.1) is 0 Å². The van der Waals surface area contributed by atoms with Gasteiger partial charge in [-0.05, 0) is 53.9 Å². The molecular weight excluding hydrogens is 372 g/mol. The molecule has 0 atom stereocenters. The quantitative estimate of drug-likeness (QED) is 0.714. The summed E-state index contributed by atoms with van der Waals surface area (Å²) < 4.78 is 0. The molecule has 1 aliphatic rings. The highest BCUT2D eigenvalue weighted by molar-refractivity contribution is 6.30. The smallest absolute Gasteiger partial charge is 0.258 e. The van der Waals surface area contributed by atoms with Crippen molar-refractivity contribution in [2.24, 2.45) is 0 Å². The van der Waals surface area contributed by atoms with E-state index in [-0.39, 0.29) is 11.8 Å². The fraction of sp³-hybridized carbons (Fsp3) is 0.130. The van der Waals surface area contributed by atoms with Gasteiger partial charge in [0.05, 0.1) is 0 Å². The summed E-state index contributed by atoms with van der Waals surface area (Å²) in [5, 5.41) is 3.45. The van der Waals surface area contributed by atoms with Gasteiger partial charge in [-0.2, -0.15) is 0 Å². The van der Waals surface area contributed by atoms with Crippen LogP contribution in [0.25, 0.3) is 0 Å². The molecule has 3 aromatic carbocycles. The van der Waals surface area contributed by atoms with Gasteiger partial charge < -0.3 is 10.2 Å². The lowest BCUT2D eigenvalue weighted by molar-refractivity contribution is 0.0949. The molecule has 0 aliphatic carbocycles. The molecule has 0 spiro atoms. The molecule has 28 heavy (non-hydrogen) atoms. The van der Waals surface area contributed by atoms with Crippen molar-refractivity contribution in [2.45, 2.75) is 13.0 Å². The molecule has 2 amide bonds. The van der Waals surface area contributed by atoms with Crippen LogP contribution in [0.5, 0.6) is 0 Å². The van der Waals surface area contributed by atoms with Crippen molar-refractivity contribution in [1.82, 2.24) is 5.32 Å². The summed E-state index contributed by atoms with van der Waals surface area (Å²) in [6.45, 7) is 1.09. The van der Waals surface area contributed by atoms with E-state index in [1.165, 1.54) is 0 Å². The zero-order chi connectivity index (χ0) is 19.5. The van der Waals surface area contributed by atoms with Crippen molar-refractivity contribution in [3.8, 4) is 0 Å². The third kappa shape index (κ3) is 3.78. The minimum atomic E-state index is -0.163. The van der Waals surface area contributed by atoms with Crippen LogP contribution in [-0.4, -0.2) is 18.4 Å². The summed E-state index contributed by atoms with van der Waals surface area (Å²) in [6.07, 6.45) is 0.810. The van der Waals surface area contributed by atoms with Crippen LogP contribution in [0.3, 0.4) is 0 Å². The van der Waals surface area contributed by atoms with E-state index in [0.29, 0.717) is 29.2 Å². The highest BCUT2D eigenvalue weighted by Gasteiger charge is 2.25. The number of hydrogen-bond acceptors (Lipinski definition) is 2. The normalized spacial score (nSPS) is 12.5. The number of amides is 2. The highest BCUT2D eigenvalue weighted by Crippen LogP contribution is 2.30. The van der Waals surface area contributed by atoms with Crippen LogP contribution < -0.4 is 10.2 Å². The molecule has 0 fully saturated rings. The Hall–Kier alpha value is -3.11. The van der Waals surface area contributed by atoms with Gasteiger partial charge >= 0.3 is 0 Å². The predicted octanol–water partition coefficient (Wildman–Crippen LogP) is 4.47. The number of carbonyl (C=O) groups is 2. The minimum absolute atomic E-state index is 0.0151. The van der Waals surface area contributed by atoms with E-state index in [4.69, 9.17) is 11.6 Å². The lowest BCUT2D eigenvalue weighted by atomic mass is 10.1. The Morgan fingerprint density at radius 3 is 2.50 bits per heavy atom. The Kier molecular flexibility index (Phi) is 5.13. The number of nitrogens with zero attached hydrogens (tertiary/aromatic N) is 1. The van der Waals surface area contributed by atoms with Gasteiger partial charge in [-0.15, -0.1) is 0 Å². The van der Waals surface area contributed by atoms with Crippen LogP contribution in [-0.2, 0) is 13.0 Å². The molecule has 0 saturated heterocycles. The van der Waals surface area contributed by atoms with Crippen LogP contribution in [0.15, 0.2) is 72.8 Å². The third-order valence-corrected chi connectivity index (χ3v) is 5.08. The van der Waals surface area contributed by atoms with Gasteiger partial charge in [0.25, 0.3) is 11.8 Å². The lowest BCUT2D eigenvalue weighted by Crippen LogP contribution is -2.28. The monoisotopic (exact) mass is 390 g/mol. The molecule has 4 rings (SSSR count). The van der Waals surface area contributed by atoms with E-state index in [2.05, 4.69) is 11.4 Å². The van der Waals surface area contributed by atoms with Crippen molar-refractivity contribution >= 4 is 29.1 Å². The van der Waals surface area contributed by atoms with E-state index in [1.54, 1.807) is 24.3 Å². The van der Waals surface area contributed by atoms with Crippen molar-refractivity contribution in [3.63, 3.8) is 0 Å². The van der Waals surface area contributed by atoms with Crippen LogP contribution >= 0.6 is 11.6 Å². The van der Waals surface area contributed by atoms with Gasteiger partial charge in [-0.25, -0.2) is 0 Å². The largest absolute Gasteiger partial charge is 0.348 e. The van der Waals surface area contributed by atoms with Crippen LogP contribution in [0.4, 0.5) is 5.69 Å². The summed E-state index contributed by atoms with van der Waals surface area (Å²) in [6, 6.07) is 22.2. The zero-order valence-electron chi connectivity index (χ0n) is 15.2. The number of halogens is 1. The molecule has 1 heterocycles. The molecular formula is C23H19ClN2O2. The second-order valence-corrected chi connectivity index (χ2v) is 7.17. The first-order valence-corrected chi connectivity index (χ1v) is 9.52. The summed E-state index contributed by atoms with van der Waals surface area (Å²) in [7, 11) is 0. The average molecular weight is 391 g/mol. The van der Waals surface area contributed by atoms with Crippen molar-refractivity contribution in [2.75, 3.05) is 11.4 Å². The topological polar surface area (TPSA) is 49.4 Å². The molecule has 0 aromatic heterocycles. The summed E-state index contributed by atoms with van der Waals surface area (Å²) >= 11 is 5.94. The molecule has 0 bridgehead atoms. The van der Waals surface area contributed by atoms with Gasteiger partial charge in [0, 0.05) is 34.9 Å². The lowest BCUT2D eigenvalue weighted by Gasteiger charge is -2.17. The van der Waals surface area contributed by atoms with Gasteiger partial charge in [0.1, 0.15) is 0 Å². The van der Waals surface area contributed by atoms with Gasteiger partial charge in [0.2, 0.25) is 0 Å². The molecule has 1 N–H and O–H groups in total. The molecule has 1 aliphatic heterocycles. The van der Waals surface area contributed by atoms with E-state index in [9.17, 15) is 9.59 Å². The maximum Gasteiger partial charge on any atom is 0.258 e. The first-order chi connectivity index (χ1) is 13.6. The molecule has 140 valence electrons. The van der Waals surface area contributed by atoms with Crippen molar-refractivity contribution < 1.29 is 9.59 Å².